The molecule has 1 heterocycles. The molecule has 1 aliphatic carbocycles. The molecule has 1 unspecified atom stereocenters. The number of allylic oxidation sites excluding steroid dienone is 1. The van der Waals surface area contributed by atoms with Crippen LogP contribution in [0.2, 0.25) is 5.02 Å². The van der Waals surface area contributed by atoms with Crippen LogP contribution in [0, 0.1) is 12.8 Å². The van der Waals surface area contributed by atoms with E-state index in [1.807, 2.05) is 23.1 Å². The first-order chi connectivity index (χ1) is 14.5. The highest BCUT2D eigenvalue weighted by molar-refractivity contribution is 6.30. The van der Waals surface area contributed by atoms with Gasteiger partial charge in [0.2, 0.25) is 11.8 Å². The molecule has 4 nitrogen and oxygen atoms in total. The maximum Gasteiger partial charge on any atom is 0.225 e. The molecule has 0 radical (unpaired) electrons. The number of halogens is 1. The van der Waals surface area contributed by atoms with Crippen molar-refractivity contribution < 1.29 is 9.59 Å². The molecule has 1 aromatic rings. The standard InChI is InChI=1S/C25H35ClN2O2/c1-3-4-8-19(23-16-21(26)12-11-18(23)2)13-14-27-25(30)20-15-24(29)28(17-20)22-9-6-5-7-10-22/h8,11-12,16,20,22H,3-7,9-10,13-15,17H2,1-2H3,(H,27,30)/b19-8-. The van der Waals surface area contributed by atoms with Crippen molar-refractivity contribution in [1.29, 1.82) is 0 Å². The highest BCUT2D eigenvalue weighted by Crippen LogP contribution is 2.29. The van der Waals surface area contributed by atoms with Crippen molar-refractivity contribution in [2.24, 2.45) is 5.92 Å². The molecule has 0 spiro atoms. The predicted octanol–water partition coefficient (Wildman–Crippen LogP) is 5.52. The van der Waals surface area contributed by atoms with E-state index in [1.165, 1.54) is 30.4 Å². The molecule has 2 fully saturated rings. The van der Waals surface area contributed by atoms with Gasteiger partial charge >= 0.3 is 0 Å². The Bertz CT molecular complexity index is 783. The van der Waals surface area contributed by atoms with Gasteiger partial charge in [-0.2, -0.15) is 0 Å². The lowest BCUT2D eigenvalue weighted by atomic mass is 9.94. The minimum atomic E-state index is -0.213. The predicted molar refractivity (Wildman–Crippen MR) is 123 cm³/mol. The molecule has 0 aromatic heterocycles. The first-order valence-corrected chi connectivity index (χ1v) is 11.9. The van der Waals surface area contributed by atoms with Crippen LogP contribution < -0.4 is 5.32 Å². The number of nitrogens with zero attached hydrogens (tertiary/aromatic N) is 1. The summed E-state index contributed by atoms with van der Waals surface area (Å²) in [5.74, 6) is -0.0464. The van der Waals surface area contributed by atoms with Crippen LogP contribution in [-0.4, -0.2) is 35.8 Å². The molecular formula is C25H35ClN2O2. The summed E-state index contributed by atoms with van der Waals surface area (Å²) in [6.07, 6.45) is 11.3. The van der Waals surface area contributed by atoms with E-state index in [2.05, 4.69) is 25.2 Å². The van der Waals surface area contributed by atoms with Gasteiger partial charge < -0.3 is 10.2 Å². The van der Waals surface area contributed by atoms with Crippen LogP contribution in [0.15, 0.2) is 24.3 Å². The molecular weight excluding hydrogens is 396 g/mol. The number of hydrogen-bond acceptors (Lipinski definition) is 2. The second kappa shape index (κ2) is 11.0. The number of carbonyl (C=O) groups is 2. The summed E-state index contributed by atoms with van der Waals surface area (Å²) >= 11 is 6.22. The van der Waals surface area contributed by atoms with Crippen molar-refractivity contribution >= 4 is 29.0 Å². The van der Waals surface area contributed by atoms with E-state index in [0.717, 1.165) is 42.7 Å². The van der Waals surface area contributed by atoms with Gasteiger partial charge in [0.25, 0.3) is 0 Å². The van der Waals surface area contributed by atoms with Crippen LogP contribution in [0.1, 0.15) is 75.8 Å². The van der Waals surface area contributed by atoms with Gasteiger partial charge in [0.15, 0.2) is 0 Å². The van der Waals surface area contributed by atoms with Crippen molar-refractivity contribution in [3.8, 4) is 0 Å². The SMILES string of the molecule is CCC/C=C(/CCNC(=O)C1CC(=O)N(C2CCCCC2)C1)c1cc(Cl)ccc1C. The molecule has 1 atom stereocenters. The van der Waals surface area contributed by atoms with E-state index >= 15 is 0 Å². The first kappa shape index (κ1) is 22.9. The molecule has 1 saturated carbocycles. The summed E-state index contributed by atoms with van der Waals surface area (Å²) in [4.78, 5) is 27.2. The van der Waals surface area contributed by atoms with Gasteiger partial charge in [-0.1, -0.05) is 56.4 Å². The zero-order valence-electron chi connectivity index (χ0n) is 18.4. The van der Waals surface area contributed by atoms with Gasteiger partial charge in [0.05, 0.1) is 5.92 Å². The fourth-order valence-corrected chi connectivity index (χ4v) is 4.90. The summed E-state index contributed by atoms with van der Waals surface area (Å²) in [7, 11) is 0. The number of benzene rings is 1. The van der Waals surface area contributed by atoms with Crippen molar-refractivity contribution in [3.05, 3.63) is 40.4 Å². The third kappa shape index (κ3) is 5.87. The zero-order valence-corrected chi connectivity index (χ0v) is 19.1. The maximum atomic E-state index is 12.7. The van der Waals surface area contributed by atoms with E-state index in [0.29, 0.717) is 25.6 Å². The Labute approximate surface area is 186 Å². The largest absolute Gasteiger partial charge is 0.355 e. The molecule has 1 N–H and O–H groups in total. The third-order valence-corrected chi connectivity index (χ3v) is 6.70. The number of aryl methyl sites for hydroxylation is 1. The number of hydrogen-bond donors (Lipinski definition) is 1. The van der Waals surface area contributed by atoms with Crippen LogP contribution >= 0.6 is 11.6 Å². The Balaban J connectivity index is 1.55. The third-order valence-electron chi connectivity index (χ3n) is 6.46. The molecule has 1 aromatic carbocycles. The topological polar surface area (TPSA) is 49.4 Å². The van der Waals surface area contributed by atoms with Crippen LogP contribution in [0.4, 0.5) is 0 Å². The van der Waals surface area contributed by atoms with Gasteiger partial charge in [-0.3, -0.25) is 9.59 Å². The minimum absolute atomic E-state index is 0.0133. The van der Waals surface area contributed by atoms with Gasteiger partial charge in [-0.25, -0.2) is 0 Å². The highest BCUT2D eigenvalue weighted by Gasteiger charge is 2.37. The fourth-order valence-electron chi connectivity index (χ4n) is 4.72. The first-order valence-electron chi connectivity index (χ1n) is 11.5. The lowest BCUT2D eigenvalue weighted by Crippen LogP contribution is -2.39. The number of carbonyl (C=O) groups excluding carboxylic acids is 2. The molecule has 1 aliphatic heterocycles. The van der Waals surface area contributed by atoms with Crippen LogP contribution in [0.25, 0.3) is 5.57 Å². The van der Waals surface area contributed by atoms with Gasteiger partial charge in [0, 0.05) is 30.6 Å². The molecule has 5 heteroatoms. The quantitative estimate of drug-likeness (QED) is 0.590. The Morgan fingerprint density at radius 1 is 1.27 bits per heavy atom. The molecule has 0 bridgehead atoms. The summed E-state index contributed by atoms with van der Waals surface area (Å²) in [6, 6.07) is 6.31. The van der Waals surface area contributed by atoms with E-state index in [9.17, 15) is 9.59 Å². The Morgan fingerprint density at radius 3 is 2.77 bits per heavy atom. The van der Waals surface area contributed by atoms with E-state index < -0.39 is 0 Å². The molecule has 164 valence electrons. The monoisotopic (exact) mass is 430 g/mol. The lowest BCUT2D eigenvalue weighted by molar-refractivity contribution is -0.130. The molecule has 30 heavy (non-hydrogen) atoms. The van der Waals surface area contributed by atoms with E-state index in [1.54, 1.807) is 0 Å². The number of nitrogens with one attached hydrogen (secondary N) is 1. The maximum absolute atomic E-state index is 12.7. The van der Waals surface area contributed by atoms with Gasteiger partial charge in [-0.05, 0) is 61.4 Å². The van der Waals surface area contributed by atoms with Crippen molar-refractivity contribution in [3.63, 3.8) is 0 Å². The Hall–Kier alpha value is -1.81. The average molecular weight is 431 g/mol. The molecule has 3 rings (SSSR count). The van der Waals surface area contributed by atoms with Crippen molar-refractivity contribution in [1.82, 2.24) is 10.2 Å². The number of unbranched alkanes of at least 4 members (excludes halogenated alkanes) is 1. The van der Waals surface area contributed by atoms with E-state index in [-0.39, 0.29) is 17.7 Å². The van der Waals surface area contributed by atoms with Crippen LogP contribution in [0.3, 0.4) is 0 Å². The van der Waals surface area contributed by atoms with Crippen molar-refractivity contribution in [2.75, 3.05) is 13.1 Å². The average Bonchev–Trinajstić information content (AvgIpc) is 3.14. The highest BCUT2D eigenvalue weighted by atomic mass is 35.5. The number of amides is 2. The van der Waals surface area contributed by atoms with Crippen molar-refractivity contribution in [2.45, 2.75) is 77.7 Å². The minimum Gasteiger partial charge on any atom is -0.355 e. The smallest absolute Gasteiger partial charge is 0.225 e. The van der Waals surface area contributed by atoms with Crippen LogP contribution in [-0.2, 0) is 9.59 Å². The summed E-state index contributed by atoms with van der Waals surface area (Å²) in [6.45, 7) is 5.42. The Kier molecular flexibility index (Phi) is 8.38. The van der Waals surface area contributed by atoms with Gasteiger partial charge in [-0.15, -0.1) is 0 Å². The van der Waals surface area contributed by atoms with Crippen LogP contribution in [0.5, 0.6) is 0 Å². The molecule has 2 aliphatic rings. The van der Waals surface area contributed by atoms with E-state index in [4.69, 9.17) is 11.6 Å². The fraction of sp³-hybridized carbons (Fsp3) is 0.600. The number of likely N-dealkylation sites (tertiary alicyclic amines) is 1. The molecule has 1 saturated heterocycles. The summed E-state index contributed by atoms with van der Waals surface area (Å²) in [5.41, 5.74) is 3.57. The summed E-state index contributed by atoms with van der Waals surface area (Å²) < 4.78 is 0. The second-order valence-corrected chi connectivity index (χ2v) is 9.19. The normalized spacial score (nSPS) is 20.6. The summed E-state index contributed by atoms with van der Waals surface area (Å²) in [5, 5.41) is 3.82. The van der Waals surface area contributed by atoms with Gasteiger partial charge in [0.1, 0.15) is 0 Å². The molecule has 2 amide bonds. The second-order valence-electron chi connectivity index (χ2n) is 8.76. The Morgan fingerprint density at radius 2 is 2.03 bits per heavy atom. The lowest BCUT2D eigenvalue weighted by Gasteiger charge is -2.31. The number of rotatable bonds is 8. The zero-order chi connectivity index (χ0) is 21.5.